The van der Waals surface area contributed by atoms with E-state index in [2.05, 4.69) is 38.1 Å². The largest absolute Gasteiger partial charge is 0.391 e. The minimum Gasteiger partial charge on any atom is -0.391 e. The molecule has 1 aromatic rings. The van der Waals surface area contributed by atoms with Crippen LogP contribution in [-0.4, -0.2) is 17.8 Å². The Morgan fingerprint density at radius 2 is 1.82 bits per heavy atom. The summed E-state index contributed by atoms with van der Waals surface area (Å²) in [6.45, 7) is 5.14. The quantitative estimate of drug-likeness (QED) is 0.797. The van der Waals surface area contributed by atoms with Gasteiger partial charge in [0.1, 0.15) is 0 Å². The number of aryl methyl sites for hydroxylation is 1. The summed E-state index contributed by atoms with van der Waals surface area (Å²) in [6.07, 6.45) is 9.73. The van der Waals surface area contributed by atoms with Gasteiger partial charge in [-0.3, -0.25) is 0 Å². The van der Waals surface area contributed by atoms with E-state index >= 15 is 0 Å². The van der Waals surface area contributed by atoms with E-state index in [0.717, 1.165) is 12.3 Å². The Hall–Kier alpha value is -0.860. The molecule has 0 aromatic heterocycles. The van der Waals surface area contributed by atoms with Crippen LogP contribution in [0.15, 0.2) is 24.3 Å². The summed E-state index contributed by atoms with van der Waals surface area (Å²) in [7, 11) is 0. The van der Waals surface area contributed by atoms with Gasteiger partial charge >= 0.3 is 0 Å². The molecule has 2 rings (SSSR count). The first-order chi connectivity index (χ1) is 10.6. The summed E-state index contributed by atoms with van der Waals surface area (Å²) in [4.78, 5) is 0. The number of hydrogen-bond donors (Lipinski definition) is 2. The molecule has 2 nitrogen and oxygen atoms in total. The van der Waals surface area contributed by atoms with E-state index in [1.807, 2.05) is 0 Å². The van der Waals surface area contributed by atoms with Crippen LogP contribution in [0.5, 0.6) is 0 Å². The maximum Gasteiger partial charge on any atom is 0.0702 e. The molecule has 1 fully saturated rings. The third-order valence-corrected chi connectivity index (χ3v) is 5.72. The number of benzene rings is 1. The fourth-order valence-corrected chi connectivity index (χ4v) is 4.03. The molecule has 1 aromatic carbocycles. The van der Waals surface area contributed by atoms with Gasteiger partial charge in [0.2, 0.25) is 0 Å². The Morgan fingerprint density at radius 3 is 2.45 bits per heavy atom. The van der Waals surface area contributed by atoms with Crippen molar-refractivity contribution in [1.82, 2.24) is 0 Å². The lowest BCUT2D eigenvalue weighted by Gasteiger charge is -2.41. The molecule has 0 saturated heterocycles. The molecular formula is C20H33NO. The summed E-state index contributed by atoms with van der Waals surface area (Å²) >= 11 is 0. The van der Waals surface area contributed by atoms with Gasteiger partial charge < -0.3 is 10.8 Å². The molecule has 0 aliphatic heterocycles. The average molecular weight is 303 g/mol. The van der Waals surface area contributed by atoms with Crippen molar-refractivity contribution in [2.24, 2.45) is 17.1 Å². The number of rotatable bonds is 7. The Morgan fingerprint density at radius 1 is 1.14 bits per heavy atom. The summed E-state index contributed by atoms with van der Waals surface area (Å²) < 4.78 is 0. The molecule has 0 radical (unpaired) electrons. The fourth-order valence-electron chi connectivity index (χ4n) is 4.03. The van der Waals surface area contributed by atoms with E-state index < -0.39 is 6.10 Å². The highest BCUT2D eigenvalue weighted by Gasteiger charge is 2.34. The second-order valence-electron chi connectivity index (χ2n) is 7.49. The van der Waals surface area contributed by atoms with Crippen molar-refractivity contribution in [2.45, 2.75) is 71.3 Å². The first kappa shape index (κ1) is 17.5. The van der Waals surface area contributed by atoms with Gasteiger partial charge in [0, 0.05) is 6.54 Å². The summed E-state index contributed by atoms with van der Waals surface area (Å²) in [6, 6.07) is 8.71. The Balaban J connectivity index is 1.99. The van der Waals surface area contributed by atoms with Crippen molar-refractivity contribution in [1.29, 1.82) is 0 Å². The molecule has 1 aliphatic rings. The van der Waals surface area contributed by atoms with E-state index in [4.69, 9.17) is 5.73 Å². The van der Waals surface area contributed by atoms with E-state index in [9.17, 15) is 5.11 Å². The monoisotopic (exact) mass is 303 g/mol. The minimum atomic E-state index is -0.421. The summed E-state index contributed by atoms with van der Waals surface area (Å²) in [5.74, 6) is 0.773. The first-order valence-electron chi connectivity index (χ1n) is 9.02. The molecule has 1 unspecified atom stereocenters. The Labute approximate surface area is 136 Å². The lowest BCUT2D eigenvalue weighted by atomic mass is 9.64. The molecule has 124 valence electrons. The Bertz CT molecular complexity index is 449. The molecule has 0 heterocycles. The highest BCUT2D eigenvalue weighted by molar-refractivity contribution is 5.24. The maximum atomic E-state index is 9.72. The van der Waals surface area contributed by atoms with Crippen LogP contribution in [0.4, 0.5) is 0 Å². The van der Waals surface area contributed by atoms with Crippen molar-refractivity contribution >= 4 is 0 Å². The lowest BCUT2D eigenvalue weighted by Crippen LogP contribution is -2.30. The molecule has 0 amide bonds. The molecule has 1 aliphatic carbocycles. The molecule has 3 N–H and O–H groups in total. The standard InChI is InChI=1S/C20H33NO/c1-16(2)20(10-4-3-5-11-20)12-9-17-7-6-8-18(13-17)14-19(22)15-21/h6-8,13,16,19,22H,3-5,9-12,14-15,21H2,1-2H3. The van der Waals surface area contributed by atoms with Crippen molar-refractivity contribution in [3.63, 3.8) is 0 Å². The van der Waals surface area contributed by atoms with Gasteiger partial charge in [0.05, 0.1) is 6.10 Å². The summed E-state index contributed by atoms with van der Waals surface area (Å²) in [5, 5.41) is 9.72. The van der Waals surface area contributed by atoms with Crippen molar-refractivity contribution < 1.29 is 5.11 Å². The van der Waals surface area contributed by atoms with Gasteiger partial charge in [-0.15, -0.1) is 0 Å². The van der Waals surface area contributed by atoms with Gasteiger partial charge in [0.15, 0.2) is 0 Å². The van der Waals surface area contributed by atoms with Crippen LogP contribution in [-0.2, 0) is 12.8 Å². The Kier molecular flexibility index (Phi) is 6.46. The van der Waals surface area contributed by atoms with Crippen LogP contribution >= 0.6 is 0 Å². The number of aliphatic hydroxyl groups is 1. The van der Waals surface area contributed by atoms with Gasteiger partial charge in [-0.25, -0.2) is 0 Å². The topological polar surface area (TPSA) is 46.2 Å². The average Bonchev–Trinajstić information content (AvgIpc) is 2.54. The molecule has 1 saturated carbocycles. The predicted octanol–water partition coefficient (Wildman–Crippen LogP) is 4.09. The zero-order valence-electron chi connectivity index (χ0n) is 14.4. The van der Waals surface area contributed by atoms with Crippen LogP contribution in [0.1, 0.15) is 63.5 Å². The highest BCUT2D eigenvalue weighted by atomic mass is 16.3. The van der Waals surface area contributed by atoms with Gasteiger partial charge in [-0.05, 0) is 54.6 Å². The minimum absolute atomic E-state index is 0.334. The third-order valence-electron chi connectivity index (χ3n) is 5.72. The zero-order valence-corrected chi connectivity index (χ0v) is 14.4. The van der Waals surface area contributed by atoms with E-state index in [1.54, 1.807) is 0 Å². The van der Waals surface area contributed by atoms with Crippen LogP contribution < -0.4 is 5.73 Å². The molecule has 22 heavy (non-hydrogen) atoms. The summed E-state index contributed by atoms with van der Waals surface area (Å²) in [5.41, 5.74) is 8.68. The zero-order chi connectivity index (χ0) is 16.0. The van der Waals surface area contributed by atoms with Crippen molar-refractivity contribution in [3.8, 4) is 0 Å². The number of nitrogens with two attached hydrogens (primary N) is 1. The molecule has 1 atom stereocenters. The van der Waals surface area contributed by atoms with E-state index in [1.165, 1.54) is 49.7 Å². The number of aliphatic hydroxyl groups excluding tert-OH is 1. The first-order valence-corrected chi connectivity index (χ1v) is 9.02. The van der Waals surface area contributed by atoms with Crippen molar-refractivity contribution in [2.75, 3.05) is 6.54 Å². The molecular weight excluding hydrogens is 270 g/mol. The molecule has 0 spiro atoms. The SMILES string of the molecule is CC(C)C1(CCc2cccc(CC(O)CN)c2)CCCCC1. The normalized spacial score (nSPS) is 19.3. The number of hydrogen-bond acceptors (Lipinski definition) is 2. The van der Waals surface area contributed by atoms with Crippen LogP contribution in [0, 0.1) is 11.3 Å². The smallest absolute Gasteiger partial charge is 0.0702 e. The third kappa shape index (κ3) is 4.57. The lowest BCUT2D eigenvalue weighted by molar-refractivity contribution is 0.106. The van der Waals surface area contributed by atoms with Crippen LogP contribution in [0.25, 0.3) is 0 Å². The van der Waals surface area contributed by atoms with Crippen LogP contribution in [0.3, 0.4) is 0 Å². The van der Waals surface area contributed by atoms with Gasteiger partial charge in [-0.2, -0.15) is 0 Å². The second kappa shape index (κ2) is 8.12. The fraction of sp³-hybridized carbons (Fsp3) is 0.700. The van der Waals surface area contributed by atoms with Crippen molar-refractivity contribution in [3.05, 3.63) is 35.4 Å². The highest BCUT2D eigenvalue weighted by Crippen LogP contribution is 2.45. The molecule has 2 heteroatoms. The van der Waals surface area contributed by atoms with Crippen LogP contribution in [0.2, 0.25) is 0 Å². The predicted molar refractivity (Wildman–Crippen MR) is 93.9 cm³/mol. The van der Waals surface area contributed by atoms with E-state index in [0.29, 0.717) is 18.4 Å². The maximum absolute atomic E-state index is 9.72. The second-order valence-corrected chi connectivity index (χ2v) is 7.49. The molecule has 0 bridgehead atoms. The van der Waals surface area contributed by atoms with E-state index in [-0.39, 0.29) is 0 Å². The van der Waals surface area contributed by atoms with Gasteiger partial charge in [-0.1, -0.05) is 57.4 Å². The van der Waals surface area contributed by atoms with Gasteiger partial charge in [0.25, 0.3) is 0 Å².